The maximum Gasteiger partial charge on any atom is 0.113 e. The fraction of sp³-hybridized carbons (Fsp3) is 0.0588. The van der Waals surface area contributed by atoms with Crippen LogP contribution in [0.4, 0.5) is 34.1 Å². The summed E-state index contributed by atoms with van der Waals surface area (Å²) >= 11 is 0. The summed E-state index contributed by atoms with van der Waals surface area (Å²) in [7, 11) is 33.6. The Bertz CT molecular complexity index is 4160. The number of rotatable bonds is 7. The molecule has 0 bridgehead atoms. The highest BCUT2D eigenvalue weighted by Gasteiger charge is 2.52. The summed E-state index contributed by atoms with van der Waals surface area (Å²) < 4.78 is 0. The molecule has 1 atom stereocenters. The van der Waals surface area contributed by atoms with Crippen LogP contribution in [0.25, 0.3) is 55.3 Å². The van der Waals surface area contributed by atoms with Crippen molar-refractivity contribution in [1.82, 2.24) is 0 Å². The van der Waals surface area contributed by atoms with Crippen LogP contribution in [-0.2, 0) is 10.8 Å². The number of hydrogen-bond donors (Lipinski definition) is 0. The van der Waals surface area contributed by atoms with Gasteiger partial charge in [0.05, 0.1) is 11.1 Å². The molecule has 0 aliphatic heterocycles. The summed E-state index contributed by atoms with van der Waals surface area (Å²) in [5.41, 5.74) is 22.3. The molecule has 0 fully saturated rings. The molecule has 340 valence electrons. The van der Waals surface area contributed by atoms with Crippen LogP contribution < -0.4 is 37.1 Å². The molecule has 0 N–H and O–H groups in total. The van der Waals surface area contributed by atoms with Crippen molar-refractivity contribution in [3.8, 4) is 44.5 Å². The number of nitrogens with zero attached hydrogens (tertiary/aromatic N) is 2. The zero-order chi connectivity index (χ0) is 50.9. The molecule has 0 aromatic heterocycles. The molecule has 1 unspecified atom stereocenters. The SMILES string of the molecule is [B]c1c([B])c([B])c(-c2ccccc2N(c2ccc3c(c2)C(C)(C)c2ccccc2-3)c2ccc3c(c2)C2(c4ccccc4-c4ccc(N(c5ccccc5)c5ccc6ccccc6c5)cc42)c2ccccc2-3)c([B])c1[B]. The zero-order valence-corrected chi connectivity index (χ0v) is 41.6. The molecule has 10 radical (unpaired) electrons. The third kappa shape index (κ3) is 6.47. The highest BCUT2D eigenvalue weighted by molar-refractivity contribution is 6.68. The smallest absolute Gasteiger partial charge is 0.113 e. The summed E-state index contributed by atoms with van der Waals surface area (Å²) in [4.78, 5) is 4.74. The van der Waals surface area contributed by atoms with Gasteiger partial charge in [0, 0.05) is 39.4 Å². The van der Waals surface area contributed by atoms with Gasteiger partial charge in [0.2, 0.25) is 0 Å². The number of para-hydroxylation sites is 2. The van der Waals surface area contributed by atoms with Crippen molar-refractivity contribution in [3.63, 3.8) is 0 Å². The van der Waals surface area contributed by atoms with E-state index in [1.165, 1.54) is 77.5 Å². The molecule has 3 aliphatic rings. The molecule has 11 aromatic rings. The van der Waals surface area contributed by atoms with E-state index in [4.69, 9.17) is 39.2 Å². The first-order valence-corrected chi connectivity index (χ1v) is 25.5. The van der Waals surface area contributed by atoms with E-state index < -0.39 is 5.41 Å². The lowest BCUT2D eigenvalue weighted by Gasteiger charge is -2.34. The van der Waals surface area contributed by atoms with E-state index >= 15 is 0 Å². The Kier molecular flexibility index (Phi) is 10.1. The maximum absolute atomic E-state index is 6.95. The molecular weight excluding hydrogens is 899 g/mol. The molecule has 1 spiro atoms. The fourth-order valence-corrected chi connectivity index (χ4v) is 13.0. The van der Waals surface area contributed by atoms with Crippen LogP contribution in [0, 0.1) is 0 Å². The second-order valence-corrected chi connectivity index (χ2v) is 20.7. The van der Waals surface area contributed by atoms with E-state index in [1.54, 1.807) is 0 Å². The van der Waals surface area contributed by atoms with Gasteiger partial charge in [-0.15, -0.1) is 16.4 Å². The lowest BCUT2D eigenvalue weighted by molar-refractivity contribution is 0.660. The van der Waals surface area contributed by atoms with E-state index in [2.05, 4.69) is 236 Å². The van der Waals surface area contributed by atoms with Crippen molar-refractivity contribution in [1.29, 1.82) is 0 Å². The number of fused-ring (bicyclic) bond motifs is 14. The van der Waals surface area contributed by atoms with Gasteiger partial charge < -0.3 is 9.80 Å². The second kappa shape index (κ2) is 16.8. The minimum atomic E-state index is -0.697. The van der Waals surface area contributed by atoms with Crippen LogP contribution in [0.2, 0.25) is 0 Å². The average molecular weight is 942 g/mol. The van der Waals surface area contributed by atoms with Crippen LogP contribution in [0.3, 0.4) is 0 Å². The Morgan fingerprint density at radius 1 is 0.280 bits per heavy atom. The summed E-state index contributed by atoms with van der Waals surface area (Å²) in [6, 6.07) is 81.9. The first kappa shape index (κ1) is 45.2. The highest BCUT2D eigenvalue weighted by atomic mass is 15.2. The predicted molar refractivity (Wildman–Crippen MR) is 320 cm³/mol. The lowest BCUT2D eigenvalue weighted by atomic mass is 9.59. The van der Waals surface area contributed by atoms with Gasteiger partial charge in [-0.2, -0.15) is 0 Å². The Hall–Kier alpha value is -8.40. The maximum atomic E-state index is 6.95. The van der Waals surface area contributed by atoms with Crippen LogP contribution >= 0.6 is 0 Å². The average Bonchev–Trinajstić information content (AvgIpc) is 4.16. The molecule has 11 aromatic carbocycles. The van der Waals surface area contributed by atoms with Crippen molar-refractivity contribution in [2.45, 2.75) is 24.7 Å². The monoisotopic (exact) mass is 942 g/mol. The molecule has 0 saturated heterocycles. The minimum absolute atomic E-state index is 0.177. The van der Waals surface area contributed by atoms with E-state index in [1.807, 2.05) is 12.1 Å². The van der Waals surface area contributed by atoms with Gasteiger partial charge >= 0.3 is 0 Å². The lowest BCUT2D eigenvalue weighted by Crippen LogP contribution is -2.55. The topological polar surface area (TPSA) is 6.48 Å². The van der Waals surface area contributed by atoms with E-state index in [0.29, 0.717) is 5.56 Å². The Morgan fingerprint density at radius 2 is 0.680 bits per heavy atom. The molecule has 3 aliphatic carbocycles. The molecule has 0 heterocycles. The number of hydrogen-bond acceptors (Lipinski definition) is 2. The largest absolute Gasteiger partial charge is 0.310 e. The van der Waals surface area contributed by atoms with Gasteiger partial charge in [-0.3, -0.25) is 0 Å². The van der Waals surface area contributed by atoms with Crippen molar-refractivity contribution >= 4 is 111 Å². The third-order valence-electron chi connectivity index (χ3n) is 16.5. The highest BCUT2D eigenvalue weighted by Crippen LogP contribution is 2.64. The van der Waals surface area contributed by atoms with Gasteiger partial charge in [0.1, 0.15) is 39.2 Å². The Morgan fingerprint density at radius 3 is 1.28 bits per heavy atom. The standard InChI is InChI=1S/C68H43B5N2/c1-67(2)54-24-12-8-20-47(54)50-33-31-45(37-57(50)67)75(60-27-15-11-23-53(60)61-62(69)64(71)66(73)65(72)63(61)70)46-32-35-52-49-22-10-14-26-56(49)68(59(52)39-46)55-25-13-9-21-48(55)51-34-30-44(38-58(51)68)74(42-18-4-3-5-19-42)43-29-28-40-16-6-7-17-41(40)36-43/h3-39H,1-2H3. The normalized spacial score (nSPS) is 15.0. The Labute approximate surface area is 445 Å². The number of benzene rings is 11. The van der Waals surface area contributed by atoms with Crippen LogP contribution in [0.1, 0.15) is 47.2 Å². The van der Waals surface area contributed by atoms with Crippen molar-refractivity contribution in [3.05, 3.63) is 258 Å². The van der Waals surface area contributed by atoms with Crippen LogP contribution in [-0.4, -0.2) is 39.2 Å². The van der Waals surface area contributed by atoms with Crippen molar-refractivity contribution in [2.75, 3.05) is 9.80 Å². The quantitative estimate of drug-likeness (QED) is 0.147. The first-order valence-electron chi connectivity index (χ1n) is 25.5. The van der Waals surface area contributed by atoms with Crippen molar-refractivity contribution < 1.29 is 0 Å². The van der Waals surface area contributed by atoms with E-state index in [0.717, 1.165) is 39.7 Å². The van der Waals surface area contributed by atoms with Gasteiger partial charge in [0.15, 0.2) is 0 Å². The van der Waals surface area contributed by atoms with Gasteiger partial charge in [-0.1, -0.05) is 182 Å². The summed E-state index contributed by atoms with van der Waals surface area (Å²) in [5, 5.41) is 2.38. The molecule has 75 heavy (non-hydrogen) atoms. The van der Waals surface area contributed by atoms with Crippen LogP contribution in [0.5, 0.6) is 0 Å². The zero-order valence-electron chi connectivity index (χ0n) is 41.6. The van der Waals surface area contributed by atoms with Gasteiger partial charge in [0.25, 0.3) is 0 Å². The summed E-state index contributed by atoms with van der Waals surface area (Å²) in [5.74, 6) is 0. The molecule has 7 heteroatoms. The number of anilines is 6. The molecular formula is C68H43B5N2. The first-order chi connectivity index (χ1) is 36.5. The summed E-state index contributed by atoms with van der Waals surface area (Å²) in [6.07, 6.45) is 0. The van der Waals surface area contributed by atoms with E-state index in [9.17, 15) is 0 Å². The molecule has 14 rings (SSSR count). The van der Waals surface area contributed by atoms with E-state index in [-0.39, 0.29) is 32.7 Å². The fourth-order valence-electron chi connectivity index (χ4n) is 13.0. The predicted octanol–water partition coefficient (Wildman–Crippen LogP) is 12.1. The van der Waals surface area contributed by atoms with Gasteiger partial charge in [-0.25, -0.2) is 0 Å². The molecule has 2 nitrogen and oxygen atoms in total. The minimum Gasteiger partial charge on any atom is -0.310 e. The van der Waals surface area contributed by atoms with Crippen molar-refractivity contribution in [2.24, 2.45) is 0 Å². The summed E-state index contributed by atoms with van der Waals surface area (Å²) in [6.45, 7) is 4.64. The third-order valence-corrected chi connectivity index (χ3v) is 16.5. The molecule has 0 amide bonds. The van der Waals surface area contributed by atoms with Gasteiger partial charge in [-0.05, 0) is 150 Å². The molecule has 0 saturated carbocycles. The Balaban J connectivity index is 1.03. The second-order valence-electron chi connectivity index (χ2n) is 20.7. The van der Waals surface area contributed by atoms with Crippen LogP contribution in [0.15, 0.2) is 224 Å².